The molecular formula is C29H38S. The molecule has 1 unspecified atom stereocenters. The summed E-state index contributed by atoms with van der Waals surface area (Å²) in [6.07, 6.45) is 3.57. The molecular weight excluding hydrogens is 380 g/mol. The van der Waals surface area contributed by atoms with E-state index in [0.717, 1.165) is 18.3 Å². The molecule has 1 heteroatoms. The third-order valence-electron chi connectivity index (χ3n) is 6.23. The topological polar surface area (TPSA) is 0 Å². The molecule has 2 aromatic carbocycles. The molecule has 0 aliphatic carbocycles. The lowest BCUT2D eigenvalue weighted by Gasteiger charge is -2.30. The Morgan fingerprint density at radius 2 is 1.57 bits per heavy atom. The number of aryl methyl sites for hydroxylation is 2. The summed E-state index contributed by atoms with van der Waals surface area (Å²) in [5.41, 5.74) is 7.19. The van der Waals surface area contributed by atoms with Gasteiger partial charge < -0.3 is 0 Å². The Labute approximate surface area is 188 Å². The lowest BCUT2D eigenvalue weighted by molar-refractivity contribution is 0.332. The molecule has 3 aromatic rings. The molecule has 1 heterocycles. The van der Waals surface area contributed by atoms with Crippen molar-refractivity contribution in [2.75, 3.05) is 0 Å². The van der Waals surface area contributed by atoms with Crippen LogP contribution < -0.4 is 0 Å². The Kier molecular flexibility index (Phi) is 7.24. The third kappa shape index (κ3) is 5.85. The predicted molar refractivity (Wildman–Crippen MR) is 135 cm³/mol. The first-order valence-corrected chi connectivity index (χ1v) is 12.2. The number of rotatable bonds is 8. The van der Waals surface area contributed by atoms with Crippen molar-refractivity contribution in [1.29, 1.82) is 0 Å². The zero-order valence-corrected chi connectivity index (χ0v) is 20.7. The maximum atomic E-state index is 2.47. The van der Waals surface area contributed by atoms with E-state index >= 15 is 0 Å². The van der Waals surface area contributed by atoms with Crippen LogP contribution in [0.1, 0.15) is 74.6 Å². The van der Waals surface area contributed by atoms with Gasteiger partial charge in [-0.2, -0.15) is 0 Å². The zero-order valence-electron chi connectivity index (χ0n) is 19.9. The molecule has 0 N–H and O–H groups in total. The van der Waals surface area contributed by atoms with Gasteiger partial charge in [0.15, 0.2) is 0 Å². The van der Waals surface area contributed by atoms with Crippen LogP contribution >= 0.6 is 11.3 Å². The van der Waals surface area contributed by atoms with Gasteiger partial charge >= 0.3 is 0 Å². The summed E-state index contributed by atoms with van der Waals surface area (Å²) in [4.78, 5) is 2.80. The second kappa shape index (κ2) is 9.52. The van der Waals surface area contributed by atoms with Crippen molar-refractivity contribution in [2.45, 2.75) is 73.1 Å². The van der Waals surface area contributed by atoms with Crippen LogP contribution in [0, 0.1) is 25.7 Å². The van der Waals surface area contributed by atoms with E-state index in [1.54, 1.807) is 0 Å². The van der Waals surface area contributed by atoms with Crippen LogP contribution in [-0.2, 0) is 11.8 Å². The van der Waals surface area contributed by atoms with Crippen LogP contribution in [0.4, 0.5) is 0 Å². The summed E-state index contributed by atoms with van der Waals surface area (Å²) in [5, 5.41) is 0. The maximum absolute atomic E-state index is 2.47. The molecule has 0 fully saturated rings. The first-order valence-electron chi connectivity index (χ1n) is 11.4. The molecule has 1 aromatic heterocycles. The van der Waals surface area contributed by atoms with Crippen LogP contribution in [0.5, 0.6) is 0 Å². The van der Waals surface area contributed by atoms with Crippen LogP contribution in [0.3, 0.4) is 0 Å². The fourth-order valence-corrected chi connectivity index (χ4v) is 5.73. The second-order valence-electron chi connectivity index (χ2n) is 10.3. The fraction of sp³-hybridized carbons (Fsp3) is 0.448. The van der Waals surface area contributed by atoms with Crippen LogP contribution in [0.2, 0.25) is 0 Å². The molecule has 0 radical (unpaired) electrons. The van der Waals surface area contributed by atoms with Crippen molar-refractivity contribution in [1.82, 2.24) is 0 Å². The van der Waals surface area contributed by atoms with Gasteiger partial charge in [-0.25, -0.2) is 0 Å². The summed E-state index contributed by atoms with van der Waals surface area (Å²) in [6.45, 7) is 16.3. The summed E-state index contributed by atoms with van der Waals surface area (Å²) < 4.78 is 0. The van der Waals surface area contributed by atoms with Gasteiger partial charge in [-0.05, 0) is 78.3 Å². The first-order chi connectivity index (χ1) is 14.1. The van der Waals surface area contributed by atoms with Crippen molar-refractivity contribution in [3.8, 4) is 10.4 Å². The molecule has 0 saturated heterocycles. The van der Waals surface area contributed by atoms with Gasteiger partial charge in [0.1, 0.15) is 0 Å². The molecule has 1 atom stereocenters. The summed E-state index contributed by atoms with van der Waals surface area (Å²) >= 11 is 1.93. The van der Waals surface area contributed by atoms with Crippen molar-refractivity contribution in [2.24, 2.45) is 11.8 Å². The summed E-state index contributed by atoms with van der Waals surface area (Å²) in [5.74, 6) is 1.52. The quantitative estimate of drug-likeness (QED) is 0.342. The maximum Gasteiger partial charge on any atom is 0.0345 e. The van der Waals surface area contributed by atoms with Gasteiger partial charge in [-0.15, -0.1) is 11.3 Å². The Morgan fingerprint density at radius 1 is 0.867 bits per heavy atom. The monoisotopic (exact) mass is 418 g/mol. The van der Waals surface area contributed by atoms with Gasteiger partial charge in [0, 0.05) is 16.2 Å². The lowest BCUT2D eigenvalue weighted by Crippen LogP contribution is -2.21. The Balaban J connectivity index is 1.78. The van der Waals surface area contributed by atoms with Crippen molar-refractivity contribution < 1.29 is 0 Å². The molecule has 3 rings (SSSR count). The van der Waals surface area contributed by atoms with Crippen LogP contribution in [0.15, 0.2) is 54.6 Å². The zero-order chi connectivity index (χ0) is 21.9. The van der Waals surface area contributed by atoms with E-state index in [1.165, 1.54) is 50.4 Å². The molecule has 0 amide bonds. The minimum absolute atomic E-state index is 0.208. The molecule has 160 valence electrons. The highest BCUT2D eigenvalue weighted by Crippen LogP contribution is 2.35. The normalized spacial score (nSPS) is 13.1. The SMILES string of the molecule is Cc1ccc(-c2ccc(Cc3cc(C(C)(C)CC(C)CC(C)C)ccc3C)s2)cc1. The molecule has 0 spiro atoms. The summed E-state index contributed by atoms with van der Waals surface area (Å²) in [7, 11) is 0. The average Bonchev–Trinajstić information content (AvgIpc) is 3.11. The van der Waals surface area contributed by atoms with Crippen molar-refractivity contribution >= 4 is 11.3 Å². The number of hydrogen-bond acceptors (Lipinski definition) is 1. The highest BCUT2D eigenvalue weighted by Gasteiger charge is 2.24. The van der Waals surface area contributed by atoms with E-state index in [4.69, 9.17) is 0 Å². The van der Waals surface area contributed by atoms with Gasteiger partial charge in [0.25, 0.3) is 0 Å². The van der Waals surface area contributed by atoms with Crippen molar-refractivity contribution in [3.05, 3.63) is 81.7 Å². The smallest absolute Gasteiger partial charge is 0.0345 e. The van der Waals surface area contributed by atoms with E-state index in [0.29, 0.717) is 0 Å². The van der Waals surface area contributed by atoms with Gasteiger partial charge in [0.2, 0.25) is 0 Å². The first kappa shape index (κ1) is 22.8. The third-order valence-corrected chi connectivity index (χ3v) is 7.36. The number of benzene rings is 2. The van der Waals surface area contributed by atoms with E-state index in [-0.39, 0.29) is 5.41 Å². The van der Waals surface area contributed by atoms with Crippen LogP contribution in [0.25, 0.3) is 10.4 Å². The second-order valence-corrected chi connectivity index (χ2v) is 11.4. The molecule has 30 heavy (non-hydrogen) atoms. The van der Waals surface area contributed by atoms with Gasteiger partial charge in [0.05, 0.1) is 0 Å². The molecule has 0 nitrogen and oxygen atoms in total. The Morgan fingerprint density at radius 3 is 2.23 bits per heavy atom. The highest BCUT2D eigenvalue weighted by atomic mass is 32.1. The lowest BCUT2D eigenvalue weighted by atomic mass is 9.75. The summed E-state index contributed by atoms with van der Waals surface area (Å²) in [6, 6.07) is 20.6. The van der Waals surface area contributed by atoms with E-state index in [1.807, 2.05) is 11.3 Å². The number of hydrogen-bond donors (Lipinski definition) is 0. The molecule has 0 aliphatic rings. The Bertz CT molecular complexity index is 956. The standard InChI is InChI=1S/C29H38S/c1-20(2)16-22(4)19-29(6,7)26-13-10-23(5)25(17-26)18-27-14-15-28(30-27)24-11-8-21(3)9-12-24/h8-15,17,20,22H,16,18-19H2,1-7H3. The minimum Gasteiger partial charge on any atom is -0.140 e. The largest absolute Gasteiger partial charge is 0.140 e. The van der Waals surface area contributed by atoms with E-state index in [2.05, 4.69) is 103 Å². The van der Waals surface area contributed by atoms with E-state index < -0.39 is 0 Å². The molecule has 0 bridgehead atoms. The average molecular weight is 419 g/mol. The predicted octanol–water partition coefficient (Wildman–Crippen LogP) is 8.97. The van der Waals surface area contributed by atoms with Gasteiger partial charge in [-0.1, -0.05) is 82.6 Å². The highest BCUT2D eigenvalue weighted by molar-refractivity contribution is 7.15. The van der Waals surface area contributed by atoms with Crippen molar-refractivity contribution in [3.63, 3.8) is 0 Å². The molecule has 0 saturated carbocycles. The molecule has 0 aliphatic heterocycles. The van der Waals surface area contributed by atoms with E-state index in [9.17, 15) is 0 Å². The van der Waals surface area contributed by atoms with Gasteiger partial charge in [-0.3, -0.25) is 0 Å². The minimum atomic E-state index is 0.208. The van der Waals surface area contributed by atoms with Crippen LogP contribution in [-0.4, -0.2) is 0 Å². The fourth-order valence-electron chi connectivity index (χ4n) is 4.69. The number of thiophene rings is 1. The Hall–Kier alpha value is -1.86.